The van der Waals surface area contributed by atoms with Crippen molar-refractivity contribution in [2.45, 2.75) is 32.5 Å². The highest BCUT2D eigenvalue weighted by molar-refractivity contribution is 5.93. The number of nitrogens with one attached hydrogen (secondary N) is 1. The molecule has 0 aliphatic carbocycles. The van der Waals surface area contributed by atoms with Gasteiger partial charge in [-0.15, -0.1) is 0 Å². The number of nitrogens with zero attached hydrogens (tertiary/aromatic N) is 3. The molecule has 1 saturated heterocycles. The van der Waals surface area contributed by atoms with Crippen molar-refractivity contribution in [1.82, 2.24) is 20.1 Å². The van der Waals surface area contributed by atoms with Crippen molar-refractivity contribution in [3.63, 3.8) is 0 Å². The van der Waals surface area contributed by atoms with Crippen LogP contribution in [0.2, 0.25) is 0 Å². The average molecular weight is 342 g/mol. The zero-order valence-corrected chi connectivity index (χ0v) is 15.2. The van der Waals surface area contributed by atoms with E-state index in [1.54, 1.807) is 13.2 Å². The van der Waals surface area contributed by atoms with Crippen molar-refractivity contribution in [3.8, 4) is 0 Å². The average Bonchev–Trinajstić information content (AvgIpc) is 3.24. The molecule has 134 valence electrons. The molecule has 6 nitrogen and oxygen atoms in total. The number of carbonyl (C=O) groups is 1. The predicted octanol–water partition coefficient (Wildman–Crippen LogP) is 2.05. The summed E-state index contributed by atoms with van der Waals surface area (Å²) in [6.07, 6.45) is 2.92. The molecule has 0 unspecified atom stereocenters. The minimum atomic E-state index is -0.0452. The van der Waals surface area contributed by atoms with Crippen LogP contribution in [0.4, 0.5) is 0 Å². The second-order valence-electron chi connectivity index (χ2n) is 6.73. The van der Waals surface area contributed by atoms with Crippen LogP contribution in [-0.4, -0.2) is 53.9 Å². The lowest BCUT2D eigenvalue weighted by molar-refractivity contribution is 0.0963. The number of rotatable bonds is 6. The summed E-state index contributed by atoms with van der Waals surface area (Å²) in [5.41, 5.74) is 1.94. The van der Waals surface area contributed by atoms with E-state index in [9.17, 15) is 4.79 Å². The molecule has 0 saturated carbocycles. The van der Waals surface area contributed by atoms with Gasteiger partial charge in [-0.05, 0) is 38.1 Å². The minimum Gasteiger partial charge on any atom is -0.445 e. The normalized spacial score (nSPS) is 18.0. The summed E-state index contributed by atoms with van der Waals surface area (Å²) in [7, 11) is 3.78. The molecule has 25 heavy (non-hydrogen) atoms. The summed E-state index contributed by atoms with van der Waals surface area (Å²) < 4.78 is 5.58. The number of oxazole rings is 1. The van der Waals surface area contributed by atoms with E-state index < -0.39 is 0 Å². The Morgan fingerprint density at radius 1 is 1.40 bits per heavy atom. The Morgan fingerprint density at radius 3 is 2.80 bits per heavy atom. The molecular formula is C19H26N4O2. The predicted molar refractivity (Wildman–Crippen MR) is 96.2 cm³/mol. The lowest BCUT2D eigenvalue weighted by Gasteiger charge is -2.23. The third-order valence-corrected chi connectivity index (χ3v) is 4.77. The maximum Gasteiger partial charge on any atom is 0.251 e. The Balaban J connectivity index is 1.51. The highest BCUT2D eigenvalue weighted by atomic mass is 16.4. The molecule has 1 aliphatic heterocycles. The van der Waals surface area contributed by atoms with Crippen molar-refractivity contribution in [2.75, 3.05) is 27.2 Å². The first-order valence-corrected chi connectivity index (χ1v) is 8.70. The number of amides is 1. The number of likely N-dealkylation sites (N-methyl/N-ethyl adjacent to an activating group) is 1. The molecule has 0 spiro atoms. The van der Waals surface area contributed by atoms with Crippen LogP contribution in [0.25, 0.3) is 0 Å². The third kappa shape index (κ3) is 4.46. The first-order chi connectivity index (χ1) is 12.0. The number of benzene rings is 1. The minimum absolute atomic E-state index is 0.0452. The molecule has 1 atom stereocenters. The fourth-order valence-corrected chi connectivity index (χ4v) is 3.30. The number of carbonyl (C=O) groups excluding carboxylic acids is 1. The number of aryl methyl sites for hydroxylation is 1. The first-order valence-electron chi connectivity index (χ1n) is 8.70. The Labute approximate surface area is 148 Å². The van der Waals surface area contributed by atoms with E-state index in [1.807, 2.05) is 31.2 Å². The molecule has 6 heteroatoms. The van der Waals surface area contributed by atoms with Crippen LogP contribution in [0.15, 0.2) is 34.9 Å². The van der Waals surface area contributed by atoms with Gasteiger partial charge >= 0.3 is 0 Å². The second kappa shape index (κ2) is 7.80. The number of likely N-dealkylation sites (tertiary alicyclic amines) is 1. The molecule has 0 radical (unpaired) electrons. The molecule has 1 N–H and O–H groups in total. The van der Waals surface area contributed by atoms with Gasteiger partial charge in [0.1, 0.15) is 5.76 Å². The number of hydrogen-bond acceptors (Lipinski definition) is 5. The topological polar surface area (TPSA) is 61.6 Å². The van der Waals surface area contributed by atoms with Crippen LogP contribution in [0.1, 0.15) is 34.0 Å². The van der Waals surface area contributed by atoms with E-state index in [0.29, 0.717) is 11.6 Å². The van der Waals surface area contributed by atoms with Gasteiger partial charge in [-0.1, -0.05) is 12.1 Å². The molecule has 2 heterocycles. The van der Waals surface area contributed by atoms with Crippen molar-refractivity contribution in [1.29, 1.82) is 0 Å². The van der Waals surface area contributed by atoms with Crippen LogP contribution in [0, 0.1) is 6.92 Å². The van der Waals surface area contributed by atoms with Crippen molar-refractivity contribution >= 4 is 5.91 Å². The summed E-state index contributed by atoms with van der Waals surface area (Å²) in [6.45, 7) is 5.69. The van der Waals surface area contributed by atoms with E-state index in [0.717, 1.165) is 44.3 Å². The van der Waals surface area contributed by atoms with Crippen LogP contribution >= 0.6 is 0 Å². The van der Waals surface area contributed by atoms with Gasteiger partial charge in [0.2, 0.25) is 5.89 Å². The standard InChI is InChI=1S/C19H26N4O2/c1-14-10-21-18(25-14)13-22(3)17-8-9-23(12-17)11-15-4-6-16(7-5-15)19(24)20-2/h4-7,10,17H,8-9,11-13H2,1-3H3,(H,20,24)/t17-/m1/s1. The van der Waals surface area contributed by atoms with E-state index in [2.05, 4.69) is 27.1 Å². The maximum atomic E-state index is 11.6. The largest absolute Gasteiger partial charge is 0.445 e. The summed E-state index contributed by atoms with van der Waals surface area (Å²) >= 11 is 0. The molecule has 3 rings (SSSR count). The quantitative estimate of drug-likeness (QED) is 0.871. The Bertz CT molecular complexity index is 710. The van der Waals surface area contributed by atoms with Crippen LogP contribution in [-0.2, 0) is 13.1 Å². The molecule has 1 aliphatic rings. The zero-order chi connectivity index (χ0) is 17.8. The van der Waals surface area contributed by atoms with E-state index in [-0.39, 0.29) is 5.91 Å². The lowest BCUT2D eigenvalue weighted by Crippen LogP contribution is -2.34. The maximum absolute atomic E-state index is 11.6. The Hall–Kier alpha value is -2.18. The summed E-state index contributed by atoms with van der Waals surface area (Å²) in [4.78, 5) is 20.7. The van der Waals surface area contributed by atoms with Crippen LogP contribution < -0.4 is 5.32 Å². The molecule has 1 amide bonds. The van der Waals surface area contributed by atoms with Gasteiger partial charge in [-0.2, -0.15) is 0 Å². The number of hydrogen-bond donors (Lipinski definition) is 1. The molecule has 1 fully saturated rings. The molecule has 2 aromatic rings. The van der Waals surface area contributed by atoms with Gasteiger partial charge in [-0.25, -0.2) is 4.98 Å². The molecule has 0 bridgehead atoms. The van der Waals surface area contributed by atoms with Gasteiger partial charge in [0.15, 0.2) is 0 Å². The van der Waals surface area contributed by atoms with E-state index >= 15 is 0 Å². The van der Waals surface area contributed by atoms with Gasteiger partial charge in [0.05, 0.1) is 12.7 Å². The van der Waals surface area contributed by atoms with Gasteiger partial charge < -0.3 is 9.73 Å². The molecule has 1 aromatic heterocycles. The zero-order valence-electron chi connectivity index (χ0n) is 15.2. The van der Waals surface area contributed by atoms with Crippen molar-refractivity contribution in [3.05, 3.63) is 53.2 Å². The number of aromatic nitrogens is 1. The van der Waals surface area contributed by atoms with Crippen LogP contribution in [0.5, 0.6) is 0 Å². The third-order valence-electron chi connectivity index (χ3n) is 4.77. The van der Waals surface area contributed by atoms with Gasteiger partial charge in [0, 0.05) is 38.3 Å². The van der Waals surface area contributed by atoms with Gasteiger partial charge in [-0.3, -0.25) is 14.6 Å². The lowest BCUT2D eigenvalue weighted by atomic mass is 10.1. The molecular weight excluding hydrogens is 316 g/mol. The first kappa shape index (κ1) is 17.6. The van der Waals surface area contributed by atoms with Crippen molar-refractivity contribution in [2.24, 2.45) is 0 Å². The second-order valence-corrected chi connectivity index (χ2v) is 6.73. The summed E-state index contributed by atoms with van der Waals surface area (Å²) in [5, 5.41) is 2.65. The molecule has 1 aromatic carbocycles. The summed E-state index contributed by atoms with van der Waals surface area (Å²) in [5.74, 6) is 1.59. The van der Waals surface area contributed by atoms with E-state index in [4.69, 9.17) is 4.42 Å². The highest BCUT2D eigenvalue weighted by Gasteiger charge is 2.26. The fourth-order valence-electron chi connectivity index (χ4n) is 3.30. The van der Waals surface area contributed by atoms with E-state index in [1.165, 1.54) is 5.56 Å². The fraction of sp³-hybridized carbons (Fsp3) is 0.474. The Kier molecular flexibility index (Phi) is 5.50. The van der Waals surface area contributed by atoms with Crippen molar-refractivity contribution < 1.29 is 9.21 Å². The summed E-state index contributed by atoms with van der Waals surface area (Å²) in [6, 6.07) is 8.36. The Morgan fingerprint density at radius 2 is 2.16 bits per heavy atom. The van der Waals surface area contributed by atoms with Crippen LogP contribution in [0.3, 0.4) is 0 Å². The monoisotopic (exact) mass is 342 g/mol. The smallest absolute Gasteiger partial charge is 0.251 e. The highest BCUT2D eigenvalue weighted by Crippen LogP contribution is 2.19. The SMILES string of the molecule is CNC(=O)c1ccc(CN2CC[C@@H](N(C)Cc3ncc(C)o3)C2)cc1. The van der Waals surface area contributed by atoms with Gasteiger partial charge in [0.25, 0.3) is 5.91 Å².